The van der Waals surface area contributed by atoms with Crippen molar-refractivity contribution in [2.24, 2.45) is 0 Å². The van der Waals surface area contributed by atoms with Crippen LogP contribution in [0.4, 0.5) is 14.5 Å². The van der Waals surface area contributed by atoms with Gasteiger partial charge in [0.1, 0.15) is 29.2 Å². The van der Waals surface area contributed by atoms with E-state index in [1.165, 1.54) is 41.4 Å². The van der Waals surface area contributed by atoms with Crippen molar-refractivity contribution in [3.05, 3.63) is 70.9 Å². The van der Waals surface area contributed by atoms with Crippen LogP contribution in [0, 0.1) is 11.6 Å². The Labute approximate surface area is 252 Å². The summed E-state index contributed by atoms with van der Waals surface area (Å²) in [6.45, 7) is 5.46. The molecule has 1 saturated heterocycles. The zero-order valence-corrected chi connectivity index (χ0v) is 24.5. The van der Waals surface area contributed by atoms with E-state index in [4.69, 9.17) is 26.2 Å². The number of rotatable bonds is 7. The molecule has 1 fully saturated rings. The van der Waals surface area contributed by atoms with Gasteiger partial charge in [-0.15, -0.1) is 0 Å². The second kappa shape index (κ2) is 11.8. The molecule has 1 aromatic heterocycles. The van der Waals surface area contributed by atoms with E-state index >= 15 is 4.39 Å². The summed E-state index contributed by atoms with van der Waals surface area (Å²) in [7, 11) is 0. The predicted molar refractivity (Wildman–Crippen MR) is 155 cm³/mol. The molecule has 0 saturated carbocycles. The highest BCUT2D eigenvalue weighted by Gasteiger charge is 2.45. The standard InChI is InChI=1S/C31H30ClF2N3O6/c1-17(12-27(38)39)42-26-7-5-20(33)15-23(26)18-4-6-22(24(34)13-18)29(40)36-10-8-21(9-11-36)37-25-14-19(32)16-35-28(25)43-31(2,3)30(37)41/h4-7,13-17,21H,8-12H2,1-3H3,(H,38,39)/t17-/m1/s1. The van der Waals surface area contributed by atoms with Gasteiger partial charge in [0.15, 0.2) is 5.60 Å². The number of benzene rings is 2. The maximum absolute atomic E-state index is 15.4. The lowest BCUT2D eigenvalue weighted by Gasteiger charge is -2.44. The summed E-state index contributed by atoms with van der Waals surface area (Å²) in [6.07, 6.45) is 1.35. The molecule has 1 N–H and O–H groups in total. The van der Waals surface area contributed by atoms with Crippen LogP contribution in [0.1, 0.15) is 50.4 Å². The van der Waals surface area contributed by atoms with Crippen molar-refractivity contribution in [2.45, 2.75) is 57.8 Å². The number of aromatic nitrogens is 1. The molecule has 226 valence electrons. The summed E-state index contributed by atoms with van der Waals surface area (Å²) < 4.78 is 41.0. The van der Waals surface area contributed by atoms with Crippen LogP contribution in [-0.4, -0.2) is 63.6 Å². The zero-order valence-electron chi connectivity index (χ0n) is 23.8. The Balaban J connectivity index is 1.32. The number of carboxylic acids is 1. The van der Waals surface area contributed by atoms with Gasteiger partial charge in [-0.05, 0) is 75.6 Å². The maximum Gasteiger partial charge on any atom is 0.307 e. The molecular formula is C31H30ClF2N3O6. The van der Waals surface area contributed by atoms with Crippen LogP contribution >= 0.6 is 11.6 Å². The number of hydrogen-bond donors (Lipinski definition) is 1. The molecule has 2 aliphatic rings. The van der Waals surface area contributed by atoms with Gasteiger partial charge in [0.2, 0.25) is 5.88 Å². The van der Waals surface area contributed by atoms with Gasteiger partial charge < -0.3 is 24.4 Å². The first kappa shape index (κ1) is 30.2. The van der Waals surface area contributed by atoms with Gasteiger partial charge in [-0.2, -0.15) is 0 Å². The van der Waals surface area contributed by atoms with Gasteiger partial charge in [0, 0.05) is 30.9 Å². The Morgan fingerprint density at radius 3 is 2.56 bits per heavy atom. The molecule has 9 nitrogen and oxygen atoms in total. The topological polar surface area (TPSA) is 109 Å². The van der Waals surface area contributed by atoms with Crippen LogP contribution in [0.3, 0.4) is 0 Å². The quantitative estimate of drug-likeness (QED) is 0.362. The van der Waals surface area contributed by atoms with E-state index in [9.17, 15) is 18.8 Å². The summed E-state index contributed by atoms with van der Waals surface area (Å²) in [5, 5.41) is 9.39. The minimum Gasteiger partial charge on any atom is -0.489 e. The van der Waals surface area contributed by atoms with Crippen LogP contribution in [-0.2, 0) is 9.59 Å². The van der Waals surface area contributed by atoms with Crippen molar-refractivity contribution < 1.29 is 37.7 Å². The molecule has 5 rings (SSSR count). The first-order valence-corrected chi connectivity index (χ1v) is 14.2. The van der Waals surface area contributed by atoms with Crippen molar-refractivity contribution in [1.29, 1.82) is 0 Å². The van der Waals surface area contributed by atoms with E-state index in [-0.39, 0.29) is 53.9 Å². The minimum atomic E-state index is -1.13. The Bertz CT molecular complexity index is 1590. The van der Waals surface area contributed by atoms with E-state index in [0.29, 0.717) is 29.4 Å². The summed E-state index contributed by atoms with van der Waals surface area (Å²) in [4.78, 5) is 45.1. The molecular weight excluding hydrogens is 584 g/mol. The van der Waals surface area contributed by atoms with Gasteiger partial charge in [-0.3, -0.25) is 14.4 Å². The maximum atomic E-state index is 15.4. The van der Waals surface area contributed by atoms with Crippen molar-refractivity contribution in [1.82, 2.24) is 9.88 Å². The number of nitrogens with zero attached hydrogens (tertiary/aromatic N) is 3. The number of carboxylic acid groups (broad SMARTS) is 1. The number of hydrogen-bond acceptors (Lipinski definition) is 6. The molecule has 2 aromatic carbocycles. The number of carbonyl (C=O) groups excluding carboxylic acids is 2. The monoisotopic (exact) mass is 613 g/mol. The highest BCUT2D eigenvalue weighted by molar-refractivity contribution is 6.31. The third kappa shape index (κ3) is 6.27. The lowest BCUT2D eigenvalue weighted by molar-refractivity contribution is -0.138. The summed E-state index contributed by atoms with van der Waals surface area (Å²) in [5.41, 5.74) is -0.313. The van der Waals surface area contributed by atoms with Crippen LogP contribution < -0.4 is 14.4 Å². The second-order valence-corrected chi connectivity index (χ2v) is 11.6. The Morgan fingerprint density at radius 1 is 1.16 bits per heavy atom. The molecule has 12 heteroatoms. The fourth-order valence-electron chi connectivity index (χ4n) is 5.40. The average Bonchev–Trinajstić information content (AvgIpc) is 2.94. The molecule has 0 aliphatic carbocycles. The van der Waals surface area contributed by atoms with E-state index in [1.54, 1.807) is 31.7 Å². The lowest BCUT2D eigenvalue weighted by atomic mass is 9.96. The number of likely N-dealkylation sites (tertiary alicyclic amines) is 1. The number of fused-ring (bicyclic) bond motifs is 1. The number of pyridine rings is 1. The molecule has 0 bridgehead atoms. The fraction of sp³-hybridized carbons (Fsp3) is 0.355. The van der Waals surface area contributed by atoms with Crippen molar-refractivity contribution in [3.8, 4) is 22.8 Å². The molecule has 43 heavy (non-hydrogen) atoms. The largest absolute Gasteiger partial charge is 0.489 e. The number of piperidine rings is 1. The van der Waals surface area contributed by atoms with Crippen LogP contribution in [0.2, 0.25) is 5.02 Å². The molecule has 0 radical (unpaired) electrons. The number of aliphatic carboxylic acids is 1. The summed E-state index contributed by atoms with van der Waals surface area (Å²) in [5.74, 6) is -2.69. The number of halogens is 3. The van der Waals surface area contributed by atoms with Gasteiger partial charge in [0.25, 0.3) is 11.8 Å². The zero-order chi connectivity index (χ0) is 31.1. The summed E-state index contributed by atoms with van der Waals surface area (Å²) >= 11 is 6.16. The van der Waals surface area contributed by atoms with E-state index < -0.39 is 35.2 Å². The first-order chi connectivity index (χ1) is 20.3. The summed E-state index contributed by atoms with van der Waals surface area (Å²) in [6, 6.07) is 9.03. The van der Waals surface area contributed by atoms with Crippen molar-refractivity contribution in [2.75, 3.05) is 18.0 Å². The van der Waals surface area contributed by atoms with Crippen LogP contribution in [0.5, 0.6) is 11.6 Å². The van der Waals surface area contributed by atoms with Crippen LogP contribution in [0.15, 0.2) is 48.7 Å². The third-order valence-corrected chi connectivity index (χ3v) is 7.71. The van der Waals surface area contributed by atoms with Crippen LogP contribution in [0.25, 0.3) is 11.1 Å². The molecule has 0 spiro atoms. The average molecular weight is 614 g/mol. The Hall–Kier alpha value is -4.25. The van der Waals surface area contributed by atoms with E-state index in [1.807, 2.05) is 0 Å². The highest BCUT2D eigenvalue weighted by atomic mass is 35.5. The van der Waals surface area contributed by atoms with Gasteiger partial charge in [0.05, 0.1) is 17.0 Å². The molecule has 0 unspecified atom stereocenters. The second-order valence-electron chi connectivity index (χ2n) is 11.2. The Morgan fingerprint density at radius 2 is 1.88 bits per heavy atom. The predicted octanol–water partition coefficient (Wildman–Crippen LogP) is 5.73. The normalized spacial score (nSPS) is 17.2. The third-order valence-electron chi connectivity index (χ3n) is 7.50. The van der Waals surface area contributed by atoms with Gasteiger partial charge >= 0.3 is 5.97 Å². The minimum absolute atomic E-state index is 0.148. The number of carbonyl (C=O) groups is 3. The Kier molecular flexibility index (Phi) is 8.29. The van der Waals surface area contributed by atoms with Gasteiger partial charge in [-0.1, -0.05) is 17.7 Å². The number of amides is 2. The van der Waals surface area contributed by atoms with E-state index in [2.05, 4.69) is 4.98 Å². The number of anilines is 1. The SMILES string of the molecule is C[C@H](CC(=O)O)Oc1ccc(F)cc1-c1ccc(C(=O)N2CCC(N3C(=O)C(C)(C)Oc4ncc(Cl)cc43)CC2)c(F)c1. The number of ether oxygens (including phenoxy) is 2. The van der Waals surface area contributed by atoms with E-state index in [0.717, 1.165) is 6.07 Å². The van der Waals surface area contributed by atoms with Crippen molar-refractivity contribution in [3.63, 3.8) is 0 Å². The first-order valence-electron chi connectivity index (χ1n) is 13.8. The van der Waals surface area contributed by atoms with Gasteiger partial charge in [-0.25, -0.2) is 13.8 Å². The molecule has 2 amide bonds. The molecule has 3 heterocycles. The highest BCUT2D eigenvalue weighted by Crippen LogP contribution is 2.40. The molecule has 3 aromatic rings. The van der Waals surface area contributed by atoms with Crippen molar-refractivity contribution >= 4 is 35.1 Å². The molecule has 2 aliphatic heterocycles. The molecule has 1 atom stereocenters. The lowest BCUT2D eigenvalue weighted by Crippen LogP contribution is -2.58. The smallest absolute Gasteiger partial charge is 0.307 e. The fourth-order valence-corrected chi connectivity index (χ4v) is 5.56.